The second-order valence-corrected chi connectivity index (χ2v) is 8.64. The molecule has 9 nitrogen and oxygen atoms in total. The first-order valence-electron chi connectivity index (χ1n) is 10.5. The second kappa shape index (κ2) is 9.32. The van der Waals surface area contributed by atoms with E-state index in [1.54, 1.807) is 22.1 Å². The number of hydrogen-bond donors (Lipinski definition) is 1. The van der Waals surface area contributed by atoms with Crippen molar-refractivity contribution in [2.45, 2.75) is 45.6 Å². The van der Waals surface area contributed by atoms with E-state index in [0.29, 0.717) is 45.0 Å². The number of ether oxygens (including phenoxy) is 1. The molecule has 3 heterocycles. The largest absolute Gasteiger partial charge is 0.444 e. The van der Waals surface area contributed by atoms with E-state index >= 15 is 0 Å². The lowest BCUT2D eigenvalue weighted by Gasteiger charge is -2.36. The zero-order chi connectivity index (χ0) is 21.7. The maximum atomic E-state index is 12.2. The highest BCUT2D eigenvalue weighted by Gasteiger charge is 2.26. The third-order valence-corrected chi connectivity index (χ3v) is 5.09. The highest BCUT2D eigenvalue weighted by atomic mass is 16.6. The van der Waals surface area contributed by atoms with Gasteiger partial charge in [-0.15, -0.1) is 0 Å². The Labute approximate surface area is 177 Å². The molecule has 164 valence electrons. The molecule has 2 aliphatic rings. The van der Waals surface area contributed by atoms with Crippen molar-refractivity contribution in [1.82, 2.24) is 14.8 Å². The molecule has 0 saturated carbocycles. The number of pyridine rings is 1. The van der Waals surface area contributed by atoms with Crippen LogP contribution in [0.3, 0.4) is 0 Å². The quantitative estimate of drug-likeness (QED) is 0.788. The van der Waals surface area contributed by atoms with Gasteiger partial charge in [0.1, 0.15) is 11.4 Å². The zero-order valence-corrected chi connectivity index (χ0v) is 18.0. The van der Waals surface area contributed by atoms with Crippen LogP contribution in [0.4, 0.5) is 16.3 Å². The summed E-state index contributed by atoms with van der Waals surface area (Å²) in [5.41, 5.74) is 0.446. The van der Waals surface area contributed by atoms with Crippen LogP contribution in [0.15, 0.2) is 18.3 Å². The minimum Gasteiger partial charge on any atom is -0.444 e. The second-order valence-electron chi connectivity index (χ2n) is 8.64. The third kappa shape index (κ3) is 6.08. The molecule has 1 aromatic heterocycles. The Hall–Kier alpha value is -2.84. The predicted octanol–water partition coefficient (Wildman–Crippen LogP) is 2.09. The average molecular weight is 418 g/mol. The Morgan fingerprint density at radius 3 is 2.43 bits per heavy atom. The molecule has 0 aliphatic carbocycles. The summed E-state index contributed by atoms with van der Waals surface area (Å²) in [4.78, 5) is 45.8. The van der Waals surface area contributed by atoms with Crippen molar-refractivity contribution < 1.29 is 19.1 Å². The molecule has 0 unspecified atom stereocenters. The van der Waals surface area contributed by atoms with E-state index in [4.69, 9.17) is 4.74 Å². The van der Waals surface area contributed by atoms with Crippen molar-refractivity contribution in [2.75, 3.05) is 49.5 Å². The fraction of sp³-hybridized carbons (Fsp3) is 0.619. The van der Waals surface area contributed by atoms with Crippen LogP contribution in [-0.2, 0) is 14.3 Å². The number of nitrogens with zero attached hydrogens (tertiary/aromatic N) is 4. The van der Waals surface area contributed by atoms with Crippen molar-refractivity contribution in [1.29, 1.82) is 0 Å². The summed E-state index contributed by atoms with van der Waals surface area (Å²) in [7, 11) is 0. The predicted molar refractivity (Wildman–Crippen MR) is 113 cm³/mol. The van der Waals surface area contributed by atoms with Crippen LogP contribution >= 0.6 is 0 Å². The van der Waals surface area contributed by atoms with E-state index in [1.807, 2.05) is 26.8 Å². The van der Waals surface area contributed by atoms with Gasteiger partial charge in [-0.25, -0.2) is 9.78 Å². The van der Waals surface area contributed by atoms with Gasteiger partial charge >= 0.3 is 6.09 Å². The Balaban J connectivity index is 1.44. The first-order valence-corrected chi connectivity index (χ1v) is 10.5. The molecular weight excluding hydrogens is 386 g/mol. The van der Waals surface area contributed by atoms with Gasteiger partial charge < -0.3 is 24.8 Å². The molecule has 3 rings (SSSR count). The summed E-state index contributed by atoms with van der Waals surface area (Å²) in [5.74, 6) is 0.460. The first-order chi connectivity index (χ1) is 14.2. The molecule has 0 aromatic carbocycles. The van der Waals surface area contributed by atoms with E-state index in [9.17, 15) is 14.4 Å². The van der Waals surface area contributed by atoms with Crippen LogP contribution < -0.4 is 10.2 Å². The van der Waals surface area contributed by atoms with E-state index < -0.39 is 5.60 Å². The highest BCUT2D eigenvalue weighted by Crippen LogP contribution is 2.19. The number of amides is 3. The number of rotatable bonds is 5. The summed E-state index contributed by atoms with van der Waals surface area (Å²) in [6, 6.07) is 3.68. The van der Waals surface area contributed by atoms with Gasteiger partial charge in [-0.05, 0) is 39.3 Å². The number of hydrogen-bond acceptors (Lipinski definition) is 6. The maximum Gasteiger partial charge on any atom is 0.410 e. The van der Waals surface area contributed by atoms with Crippen LogP contribution in [0.5, 0.6) is 0 Å². The van der Waals surface area contributed by atoms with E-state index in [-0.39, 0.29) is 24.3 Å². The number of likely N-dealkylation sites (tertiary alicyclic amines) is 1. The van der Waals surface area contributed by atoms with E-state index in [2.05, 4.69) is 15.2 Å². The van der Waals surface area contributed by atoms with Crippen LogP contribution in [0.2, 0.25) is 0 Å². The standard InChI is InChI=1S/C21H31N5O4/c1-21(2,3)30-20(29)26-13-11-24(12-14-26)16-6-7-17(22-15-16)23-18(27)8-10-25-9-4-5-19(25)28/h6-7,15H,4-5,8-14H2,1-3H3,(H,22,23,27). The number of nitrogens with one attached hydrogen (secondary N) is 1. The van der Waals surface area contributed by atoms with Crippen molar-refractivity contribution in [3.8, 4) is 0 Å². The minimum absolute atomic E-state index is 0.122. The molecular formula is C21H31N5O4. The number of carbonyl (C=O) groups is 3. The summed E-state index contributed by atoms with van der Waals surface area (Å²) >= 11 is 0. The molecule has 0 spiro atoms. The van der Waals surface area contributed by atoms with Gasteiger partial charge in [-0.2, -0.15) is 0 Å². The number of carbonyl (C=O) groups excluding carboxylic acids is 3. The van der Waals surface area contributed by atoms with Crippen molar-refractivity contribution in [3.63, 3.8) is 0 Å². The minimum atomic E-state index is -0.498. The topological polar surface area (TPSA) is 95.1 Å². The summed E-state index contributed by atoms with van der Waals surface area (Å²) < 4.78 is 5.42. The summed E-state index contributed by atoms with van der Waals surface area (Å²) in [5, 5.41) is 2.78. The Bertz CT molecular complexity index is 767. The fourth-order valence-corrected chi connectivity index (χ4v) is 3.50. The Morgan fingerprint density at radius 2 is 1.87 bits per heavy atom. The maximum absolute atomic E-state index is 12.2. The molecule has 3 amide bonds. The summed E-state index contributed by atoms with van der Waals surface area (Å²) in [6.45, 7) is 9.32. The Kier molecular flexibility index (Phi) is 6.79. The fourth-order valence-electron chi connectivity index (χ4n) is 3.50. The van der Waals surface area contributed by atoms with Crippen LogP contribution in [0.25, 0.3) is 0 Å². The number of anilines is 2. The summed E-state index contributed by atoms with van der Waals surface area (Å²) in [6.07, 6.45) is 3.16. The van der Waals surface area contributed by atoms with Gasteiger partial charge in [0.25, 0.3) is 0 Å². The number of piperazine rings is 1. The molecule has 0 radical (unpaired) electrons. The van der Waals surface area contributed by atoms with Crippen molar-refractivity contribution in [2.24, 2.45) is 0 Å². The van der Waals surface area contributed by atoms with Crippen molar-refractivity contribution >= 4 is 29.4 Å². The molecule has 30 heavy (non-hydrogen) atoms. The van der Waals surface area contributed by atoms with Crippen molar-refractivity contribution in [3.05, 3.63) is 18.3 Å². The van der Waals surface area contributed by atoms with E-state index in [1.165, 1.54) is 0 Å². The van der Waals surface area contributed by atoms with Gasteiger partial charge in [0.2, 0.25) is 11.8 Å². The third-order valence-electron chi connectivity index (χ3n) is 5.09. The lowest BCUT2D eigenvalue weighted by Crippen LogP contribution is -2.50. The molecule has 2 saturated heterocycles. The SMILES string of the molecule is CC(C)(C)OC(=O)N1CCN(c2ccc(NC(=O)CCN3CCCC3=O)nc2)CC1. The van der Waals surface area contributed by atoms with E-state index in [0.717, 1.165) is 18.7 Å². The Morgan fingerprint density at radius 1 is 1.13 bits per heavy atom. The van der Waals surface area contributed by atoms with Gasteiger partial charge in [-0.1, -0.05) is 0 Å². The lowest BCUT2D eigenvalue weighted by molar-refractivity contribution is -0.128. The molecule has 9 heteroatoms. The molecule has 2 fully saturated rings. The normalized spacial score (nSPS) is 17.3. The highest BCUT2D eigenvalue weighted by molar-refractivity contribution is 5.90. The monoisotopic (exact) mass is 417 g/mol. The average Bonchev–Trinajstić information content (AvgIpc) is 3.11. The van der Waals surface area contributed by atoms with Gasteiger partial charge in [0.05, 0.1) is 11.9 Å². The van der Waals surface area contributed by atoms with Gasteiger partial charge in [0, 0.05) is 52.1 Å². The smallest absolute Gasteiger partial charge is 0.410 e. The molecule has 1 N–H and O–H groups in total. The van der Waals surface area contributed by atoms with Gasteiger partial charge in [0.15, 0.2) is 0 Å². The molecule has 0 bridgehead atoms. The van der Waals surface area contributed by atoms with Crippen LogP contribution in [0, 0.1) is 0 Å². The van der Waals surface area contributed by atoms with Crippen LogP contribution in [0.1, 0.15) is 40.0 Å². The molecule has 1 aromatic rings. The molecule has 0 atom stereocenters. The lowest BCUT2D eigenvalue weighted by atomic mass is 10.2. The molecule has 2 aliphatic heterocycles. The first kappa shape index (κ1) is 21.9. The van der Waals surface area contributed by atoms with Crippen LogP contribution in [-0.4, -0.2) is 77.6 Å². The zero-order valence-electron chi connectivity index (χ0n) is 18.0. The van der Waals surface area contributed by atoms with Gasteiger partial charge in [-0.3, -0.25) is 9.59 Å². The number of aromatic nitrogens is 1.